The van der Waals surface area contributed by atoms with Crippen LogP contribution in [0.4, 0.5) is 0 Å². The number of ether oxygens (including phenoxy) is 1. The van der Waals surface area contributed by atoms with Crippen LogP contribution in [0, 0.1) is 0 Å². The van der Waals surface area contributed by atoms with Crippen LogP contribution in [-0.4, -0.2) is 18.0 Å². The minimum absolute atomic E-state index is 0.0477. The molecular weight excluding hydrogens is 364 g/mol. The first kappa shape index (κ1) is 19.1. The maximum absolute atomic E-state index is 12.1. The Morgan fingerprint density at radius 1 is 1.15 bits per heavy atom. The molecule has 27 heavy (non-hydrogen) atoms. The first-order valence-electron chi connectivity index (χ1n) is 8.69. The smallest absolute Gasteiger partial charge is 0.220 e. The SMILES string of the molecule is COCc1ccc(CNC(=O)CCc2ncc(-c3ccccc3Cl)o2)cc1. The van der Waals surface area contributed by atoms with Gasteiger partial charge in [0.15, 0.2) is 11.7 Å². The molecule has 2 aromatic carbocycles. The number of carbonyl (C=O) groups excluding carboxylic acids is 1. The lowest BCUT2D eigenvalue weighted by Crippen LogP contribution is -2.23. The number of nitrogens with one attached hydrogen (secondary N) is 1. The predicted molar refractivity (Wildman–Crippen MR) is 104 cm³/mol. The molecule has 1 N–H and O–H groups in total. The summed E-state index contributed by atoms with van der Waals surface area (Å²) < 4.78 is 10.8. The lowest BCUT2D eigenvalue weighted by atomic mass is 10.1. The summed E-state index contributed by atoms with van der Waals surface area (Å²) in [5, 5.41) is 3.51. The van der Waals surface area contributed by atoms with Crippen molar-refractivity contribution in [3.8, 4) is 11.3 Å². The van der Waals surface area contributed by atoms with Gasteiger partial charge in [-0.15, -0.1) is 0 Å². The van der Waals surface area contributed by atoms with Gasteiger partial charge in [0.05, 0.1) is 17.8 Å². The maximum atomic E-state index is 12.1. The van der Waals surface area contributed by atoms with Crippen molar-refractivity contribution in [2.75, 3.05) is 7.11 Å². The number of hydrogen-bond donors (Lipinski definition) is 1. The Bertz CT molecular complexity index is 890. The number of benzene rings is 2. The van der Waals surface area contributed by atoms with Crippen LogP contribution < -0.4 is 5.32 Å². The van der Waals surface area contributed by atoms with Crippen LogP contribution in [0.25, 0.3) is 11.3 Å². The Morgan fingerprint density at radius 3 is 2.63 bits per heavy atom. The van der Waals surface area contributed by atoms with E-state index in [0.29, 0.717) is 42.7 Å². The molecule has 0 atom stereocenters. The van der Waals surface area contributed by atoms with Gasteiger partial charge in [0, 0.05) is 32.1 Å². The molecule has 6 heteroatoms. The summed E-state index contributed by atoms with van der Waals surface area (Å²) in [5.74, 6) is 1.07. The molecule has 0 unspecified atom stereocenters. The highest BCUT2D eigenvalue weighted by molar-refractivity contribution is 6.33. The minimum atomic E-state index is -0.0477. The topological polar surface area (TPSA) is 64.4 Å². The van der Waals surface area contributed by atoms with E-state index in [0.717, 1.165) is 16.7 Å². The van der Waals surface area contributed by atoms with Crippen molar-refractivity contribution in [2.45, 2.75) is 26.0 Å². The summed E-state index contributed by atoms with van der Waals surface area (Å²) in [6.45, 7) is 1.07. The highest BCUT2D eigenvalue weighted by atomic mass is 35.5. The average molecular weight is 385 g/mol. The van der Waals surface area contributed by atoms with Gasteiger partial charge < -0.3 is 14.5 Å². The zero-order valence-corrected chi connectivity index (χ0v) is 15.8. The van der Waals surface area contributed by atoms with Gasteiger partial charge in [-0.3, -0.25) is 4.79 Å². The molecule has 0 spiro atoms. The molecule has 5 nitrogen and oxygen atoms in total. The highest BCUT2D eigenvalue weighted by Gasteiger charge is 2.11. The van der Waals surface area contributed by atoms with Crippen LogP contribution in [0.3, 0.4) is 0 Å². The molecule has 0 aliphatic carbocycles. The van der Waals surface area contributed by atoms with E-state index in [1.165, 1.54) is 0 Å². The number of nitrogens with zero attached hydrogens (tertiary/aromatic N) is 1. The van der Waals surface area contributed by atoms with Crippen LogP contribution in [0.15, 0.2) is 59.1 Å². The van der Waals surface area contributed by atoms with Gasteiger partial charge in [-0.1, -0.05) is 48.0 Å². The molecule has 0 fully saturated rings. The molecule has 3 aromatic rings. The van der Waals surface area contributed by atoms with E-state index < -0.39 is 0 Å². The molecule has 1 amide bonds. The van der Waals surface area contributed by atoms with Crippen molar-refractivity contribution >= 4 is 17.5 Å². The third kappa shape index (κ3) is 5.42. The van der Waals surface area contributed by atoms with Gasteiger partial charge in [-0.05, 0) is 23.3 Å². The summed E-state index contributed by atoms with van der Waals surface area (Å²) in [6.07, 6.45) is 2.38. The first-order chi connectivity index (χ1) is 13.2. The normalized spacial score (nSPS) is 10.7. The number of oxazole rings is 1. The average Bonchev–Trinajstić information content (AvgIpc) is 3.15. The van der Waals surface area contributed by atoms with Gasteiger partial charge in [-0.25, -0.2) is 4.98 Å². The molecule has 0 aliphatic rings. The van der Waals surface area contributed by atoms with Crippen LogP contribution in [-0.2, 0) is 29.1 Å². The van der Waals surface area contributed by atoms with Crippen molar-refractivity contribution in [2.24, 2.45) is 0 Å². The Labute approximate surface area is 163 Å². The summed E-state index contributed by atoms with van der Waals surface area (Å²) in [4.78, 5) is 16.3. The monoisotopic (exact) mass is 384 g/mol. The highest BCUT2D eigenvalue weighted by Crippen LogP contribution is 2.28. The first-order valence-corrected chi connectivity index (χ1v) is 9.06. The maximum Gasteiger partial charge on any atom is 0.220 e. The predicted octanol–water partition coefficient (Wildman–Crippen LogP) is 4.39. The zero-order chi connectivity index (χ0) is 19.1. The summed E-state index contributed by atoms with van der Waals surface area (Å²) in [7, 11) is 1.67. The van der Waals surface area contributed by atoms with Crippen molar-refractivity contribution in [3.05, 3.63) is 76.8 Å². The quantitative estimate of drug-likeness (QED) is 0.625. The number of aromatic nitrogens is 1. The fourth-order valence-corrected chi connectivity index (χ4v) is 2.87. The summed E-state index contributed by atoms with van der Waals surface area (Å²) in [6, 6.07) is 15.4. The van der Waals surface area contributed by atoms with Crippen LogP contribution >= 0.6 is 11.6 Å². The number of halogens is 1. The fourth-order valence-electron chi connectivity index (χ4n) is 2.64. The molecule has 0 bridgehead atoms. The molecule has 0 saturated heterocycles. The second kappa shape index (κ2) is 9.35. The van der Waals surface area contributed by atoms with Gasteiger partial charge in [0.1, 0.15) is 0 Å². The van der Waals surface area contributed by atoms with Crippen molar-refractivity contribution in [3.63, 3.8) is 0 Å². The molecule has 0 saturated carbocycles. The third-order valence-corrected chi connectivity index (χ3v) is 4.41. The number of amides is 1. The number of carbonyl (C=O) groups is 1. The summed E-state index contributed by atoms with van der Waals surface area (Å²) >= 11 is 6.16. The second-order valence-electron chi connectivity index (χ2n) is 6.12. The molecule has 1 heterocycles. The van der Waals surface area contributed by atoms with E-state index in [9.17, 15) is 4.79 Å². The number of rotatable bonds is 8. The number of hydrogen-bond acceptors (Lipinski definition) is 4. The standard InChI is InChI=1S/C21H21ClN2O3/c1-26-14-16-8-6-15(7-9-16)12-23-20(25)10-11-21-24-13-19(27-21)17-4-2-3-5-18(17)22/h2-9,13H,10-12,14H2,1H3,(H,23,25). The van der Waals surface area contributed by atoms with Crippen molar-refractivity contribution < 1.29 is 13.9 Å². The molecule has 0 aliphatic heterocycles. The Balaban J connectivity index is 1.47. The Kier molecular flexibility index (Phi) is 6.63. The molecule has 3 rings (SSSR count). The van der Waals surface area contributed by atoms with E-state index in [2.05, 4.69) is 10.3 Å². The number of methoxy groups -OCH3 is 1. The lowest BCUT2D eigenvalue weighted by molar-refractivity contribution is -0.121. The van der Waals surface area contributed by atoms with Crippen molar-refractivity contribution in [1.82, 2.24) is 10.3 Å². The molecule has 0 radical (unpaired) electrons. The van der Waals surface area contributed by atoms with E-state index in [1.54, 1.807) is 19.4 Å². The van der Waals surface area contributed by atoms with E-state index in [-0.39, 0.29) is 5.91 Å². The Morgan fingerprint density at radius 2 is 1.89 bits per heavy atom. The largest absolute Gasteiger partial charge is 0.441 e. The summed E-state index contributed by atoms with van der Waals surface area (Å²) in [5.41, 5.74) is 2.94. The van der Waals surface area contributed by atoms with E-state index >= 15 is 0 Å². The Hall–Kier alpha value is -2.63. The lowest BCUT2D eigenvalue weighted by Gasteiger charge is -2.06. The fraction of sp³-hybridized carbons (Fsp3) is 0.238. The second-order valence-corrected chi connectivity index (χ2v) is 6.53. The van der Waals surface area contributed by atoms with Crippen LogP contribution in [0.5, 0.6) is 0 Å². The van der Waals surface area contributed by atoms with E-state index in [1.807, 2.05) is 42.5 Å². The van der Waals surface area contributed by atoms with Crippen LogP contribution in [0.1, 0.15) is 23.4 Å². The van der Waals surface area contributed by atoms with Crippen molar-refractivity contribution in [1.29, 1.82) is 0 Å². The molecule has 140 valence electrons. The van der Waals surface area contributed by atoms with Gasteiger partial charge >= 0.3 is 0 Å². The van der Waals surface area contributed by atoms with E-state index in [4.69, 9.17) is 20.8 Å². The molecular formula is C21H21ClN2O3. The molecule has 1 aromatic heterocycles. The minimum Gasteiger partial charge on any atom is -0.441 e. The zero-order valence-electron chi connectivity index (χ0n) is 15.1. The third-order valence-electron chi connectivity index (χ3n) is 4.08. The van der Waals surface area contributed by atoms with Gasteiger partial charge in [-0.2, -0.15) is 0 Å². The van der Waals surface area contributed by atoms with Gasteiger partial charge in [0.2, 0.25) is 5.91 Å². The number of aryl methyl sites for hydroxylation is 1. The van der Waals surface area contributed by atoms with Crippen LogP contribution in [0.2, 0.25) is 5.02 Å². The van der Waals surface area contributed by atoms with Gasteiger partial charge in [0.25, 0.3) is 0 Å².